The Bertz CT molecular complexity index is 574. The second kappa shape index (κ2) is 7.00. The van der Waals surface area contributed by atoms with E-state index in [9.17, 15) is 13.2 Å². The van der Waals surface area contributed by atoms with Crippen molar-refractivity contribution in [2.45, 2.75) is 19.3 Å². The molecule has 7 heteroatoms. The van der Waals surface area contributed by atoms with E-state index >= 15 is 0 Å². The minimum atomic E-state index is -3.35. The number of hydrogen-bond acceptors (Lipinski definition) is 5. The molecule has 0 N–H and O–H groups in total. The summed E-state index contributed by atoms with van der Waals surface area (Å²) in [5, 5.41) is 0. The summed E-state index contributed by atoms with van der Waals surface area (Å²) in [7, 11) is -2.02. The molecule has 1 aliphatic rings. The number of rotatable bonds is 5. The number of aryl methyl sites for hydroxylation is 1. The number of pyridine rings is 1. The molecule has 1 fully saturated rings. The van der Waals surface area contributed by atoms with E-state index in [1.165, 1.54) is 11.4 Å². The topological polar surface area (TPSA) is 76.6 Å². The van der Waals surface area contributed by atoms with Gasteiger partial charge in [-0.3, -0.25) is 9.78 Å². The quantitative estimate of drug-likeness (QED) is 0.753. The number of carbonyl (C=O) groups excluding carboxylic acids is 1. The van der Waals surface area contributed by atoms with E-state index in [1.807, 2.05) is 12.1 Å². The molecule has 1 aromatic rings. The summed E-state index contributed by atoms with van der Waals surface area (Å²) >= 11 is 0. The van der Waals surface area contributed by atoms with E-state index in [0.29, 0.717) is 25.8 Å². The van der Waals surface area contributed by atoms with Gasteiger partial charge in [0.1, 0.15) is 0 Å². The maximum Gasteiger partial charge on any atom is 0.309 e. The van der Waals surface area contributed by atoms with Crippen LogP contribution >= 0.6 is 0 Å². The fourth-order valence-electron chi connectivity index (χ4n) is 2.48. The van der Waals surface area contributed by atoms with Crippen LogP contribution in [0.2, 0.25) is 0 Å². The van der Waals surface area contributed by atoms with Gasteiger partial charge in [0, 0.05) is 25.5 Å². The zero-order valence-corrected chi connectivity index (χ0v) is 12.9. The number of aromatic nitrogens is 1. The van der Waals surface area contributed by atoms with Crippen LogP contribution in [0.25, 0.3) is 0 Å². The van der Waals surface area contributed by atoms with Gasteiger partial charge in [-0.15, -0.1) is 0 Å². The fraction of sp³-hybridized carbons (Fsp3) is 0.571. The summed E-state index contributed by atoms with van der Waals surface area (Å²) in [5.74, 6) is -0.631. The molecular formula is C14H20N2O4S. The van der Waals surface area contributed by atoms with Crippen LogP contribution in [0.5, 0.6) is 0 Å². The number of ether oxygens (including phenoxy) is 1. The van der Waals surface area contributed by atoms with Crippen LogP contribution in [-0.4, -0.2) is 49.6 Å². The summed E-state index contributed by atoms with van der Waals surface area (Å²) in [6, 6.07) is 3.62. The van der Waals surface area contributed by atoms with Gasteiger partial charge < -0.3 is 4.74 Å². The zero-order chi connectivity index (χ0) is 15.3. The average molecular weight is 312 g/mol. The number of methoxy groups -OCH3 is 1. The zero-order valence-electron chi connectivity index (χ0n) is 12.1. The molecule has 1 saturated heterocycles. The SMILES string of the molecule is COC(=O)C1CCCN(S(=O)(=O)CCc2ccncc2)C1. The number of carbonyl (C=O) groups is 1. The van der Waals surface area contributed by atoms with E-state index < -0.39 is 10.0 Å². The molecule has 0 saturated carbocycles. The maximum absolute atomic E-state index is 12.4. The molecule has 1 aliphatic heterocycles. The van der Waals surface area contributed by atoms with Gasteiger partial charge in [-0.2, -0.15) is 0 Å². The molecule has 0 bridgehead atoms. The Balaban J connectivity index is 1.97. The second-order valence-electron chi connectivity index (χ2n) is 5.14. The summed E-state index contributed by atoms with van der Waals surface area (Å²) in [6.07, 6.45) is 5.12. The van der Waals surface area contributed by atoms with Gasteiger partial charge in [0.2, 0.25) is 10.0 Å². The van der Waals surface area contributed by atoms with Gasteiger partial charge in [-0.1, -0.05) is 0 Å². The Morgan fingerprint density at radius 3 is 2.81 bits per heavy atom. The van der Waals surface area contributed by atoms with E-state index in [1.54, 1.807) is 12.4 Å². The van der Waals surface area contributed by atoms with Gasteiger partial charge >= 0.3 is 5.97 Å². The minimum absolute atomic E-state index is 0.0465. The largest absolute Gasteiger partial charge is 0.469 e. The van der Waals surface area contributed by atoms with Gasteiger partial charge in [0.05, 0.1) is 18.8 Å². The molecule has 0 spiro atoms. The van der Waals surface area contributed by atoms with Crippen LogP contribution in [0.3, 0.4) is 0 Å². The number of sulfonamides is 1. The van der Waals surface area contributed by atoms with Gasteiger partial charge in [-0.25, -0.2) is 12.7 Å². The third-order valence-corrected chi connectivity index (χ3v) is 5.55. The molecule has 1 aromatic heterocycles. The molecule has 116 valence electrons. The van der Waals surface area contributed by atoms with Crippen molar-refractivity contribution in [3.63, 3.8) is 0 Å². The Morgan fingerprint density at radius 1 is 1.43 bits per heavy atom. The molecule has 2 rings (SSSR count). The van der Waals surface area contributed by atoms with Crippen LogP contribution in [0.4, 0.5) is 0 Å². The lowest BCUT2D eigenvalue weighted by atomic mass is 10.0. The molecule has 2 heterocycles. The van der Waals surface area contributed by atoms with Crippen molar-refractivity contribution in [1.29, 1.82) is 0 Å². The number of esters is 1. The molecule has 0 aromatic carbocycles. The van der Waals surface area contributed by atoms with E-state index in [2.05, 4.69) is 4.98 Å². The van der Waals surface area contributed by atoms with Crippen LogP contribution in [0.15, 0.2) is 24.5 Å². The van der Waals surface area contributed by atoms with Crippen molar-refractivity contribution in [1.82, 2.24) is 9.29 Å². The normalized spacial score (nSPS) is 20.1. The second-order valence-corrected chi connectivity index (χ2v) is 7.23. The third kappa shape index (κ3) is 4.25. The third-order valence-electron chi connectivity index (χ3n) is 3.71. The molecule has 0 amide bonds. The van der Waals surface area contributed by atoms with E-state index in [0.717, 1.165) is 5.56 Å². The molecular weight excluding hydrogens is 292 g/mol. The minimum Gasteiger partial charge on any atom is -0.469 e. The smallest absolute Gasteiger partial charge is 0.309 e. The molecule has 21 heavy (non-hydrogen) atoms. The van der Waals surface area contributed by atoms with Crippen molar-refractivity contribution in [3.8, 4) is 0 Å². The Labute approximate surface area is 125 Å². The maximum atomic E-state index is 12.4. The van der Waals surface area contributed by atoms with Crippen molar-refractivity contribution < 1.29 is 17.9 Å². The van der Waals surface area contributed by atoms with Crippen LogP contribution in [-0.2, 0) is 26.0 Å². The Morgan fingerprint density at radius 2 is 2.14 bits per heavy atom. The van der Waals surface area contributed by atoms with Crippen molar-refractivity contribution in [2.24, 2.45) is 5.92 Å². The highest BCUT2D eigenvalue weighted by Gasteiger charge is 2.32. The summed E-state index contributed by atoms with van der Waals surface area (Å²) in [5.41, 5.74) is 0.940. The first-order chi connectivity index (χ1) is 10.0. The lowest BCUT2D eigenvalue weighted by molar-refractivity contribution is -0.146. The number of hydrogen-bond donors (Lipinski definition) is 0. The highest BCUT2D eigenvalue weighted by molar-refractivity contribution is 7.89. The molecule has 1 atom stereocenters. The van der Waals surface area contributed by atoms with E-state index in [4.69, 9.17) is 4.74 Å². The highest BCUT2D eigenvalue weighted by atomic mass is 32.2. The molecule has 1 unspecified atom stereocenters. The first kappa shape index (κ1) is 15.9. The highest BCUT2D eigenvalue weighted by Crippen LogP contribution is 2.21. The summed E-state index contributed by atoms with van der Waals surface area (Å²) < 4.78 is 30.9. The van der Waals surface area contributed by atoms with Crippen LogP contribution in [0, 0.1) is 5.92 Å². The summed E-state index contributed by atoms with van der Waals surface area (Å²) in [6.45, 7) is 0.706. The number of nitrogens with zero attached hydrogens (tertiary/aromatic N) is 2. The Kier molecular flexibility index (Phi) is 5.30. The predicted molar refractivity (Wildman–Crippen MR) is 78.0 cm³/mol. The first-order valence-corrected chi connectivity index (χ1v) is 8.58. The van der Waals surface area contributed by atoms with E-state index in [-0.39, 0.29) is 24.2 Å². The monoisotopic (exact) mass is 312 g/mol. The lowest BCUT2D eigenvalue weighted by Crippen LogP contribution is -2.43. The fourth-order valence-corrected chi connectivity index (χ4v) is 4.05. The van der Waals surface area contributed by atoms with Gasteiger partial charge in [0.15, 0.2) is 0 Å². The molecule has 6 nitrogen and oxygen atoms in total. The molecule has 0 aliphatic carbocycles. The van der Waals surface area contributed by atoms with Crippen molar-refractivity contribution in [3.05, 3.63) is 30.1 Å². The van der Waals surface area contributed by atoms with Crippen molar-refractivity contribution in [2.75, 3.05) is 26.0 Å². The van der Waals surface area contributed by atoms with Crippen LogP contribution < -0.4 is 0 Å². The Hall–Kier alpha value is -1.47. The first-order valence-electron chi connectivity index (χ1n) is 6.97. The van der Waals surface area contributed by atoms with Gasteiger partial charge in [0.25, 0.3) is 0 Å². The standard InChI is InChI=1S/C14H20N2O4S/c1-20-14(17)13-3-2-9-16(11-13)21(18,19)10-6-12-4-7-15-8-5-12/h4-5,7-8,13H,2-3,6,9-11H2,1H3. The number of piperidine rings is 1. The van der Waals surface area contributed by atoms with Gasteiger partial charge in [-0.05, 0) is 37.0 Å². The average Bonchev–Trinajstić information content (AvgIpc) is 2.53. The predicted octanol–water partition coefficient (Wildman–Crippen LogP) is 0.839. The molecule has 0 radical (unpaired) electrons. The summed E-state index contributed by atoms with van der Waals surface area (Å²) in [4.78, 5) is 15.5. The lowest BCUT2D eigenvalue weighted by Gasteiger charge is -2.30. The van der Waals surface area contributed by atoms with Crippen molar-refractivity contribution >= 4 is 16.0 Å². The van der Waals surface area contributed by atoms with Crippen LogP contribution in [0.1, 0.15) is 18.4 Å².